The maximum absolute atomic E-state index is 13.7. The summed E-state index contributed by atoms with van der Waals surface area (Å²) in [5, 5.41) is 3.31. The molecule has 6 nitrogen and oxygen atoms in total. The standard InChI is InChI=1S/C25H31FNO5P/c26-24-9-4-3-8-21(24)7-2-1-5-14-31-25-11-10-20(17-23(25)22-12-16-30-19-22)18-27-13-6-15-32-33(28)29/h3-4,8-12,16-17,19,27,33H,1-2,5-7,13-15,18H2,(H,28,29). The van der Waals surface area contributed by atoms with Crippen molar-refractivity contribution in [3.63, 3.8) is 0 Å². The molecule has 0 aliphatic rings. The minimum Gasteiger partial charge on any atom is -0.493 e. The van der Waals surface area contributed by atoms with Crippen LogP contribution in [0.25, 0.3) is 11.1 Å². The van der Waals surface area contributed by atoms with Crippen molar-refractivity contribution in [2.24, 2.45) is 0 Å². The molecule has 1 aromatic heterocycles. The van der Waals surface area contributed by atoms with Gasteiger partial charge in [0.2, 0.25) is 0 Å². The molecule has 0 bridgehead atoms. The average molecular weight is 475 g/mol. The topological polar surface area (TPSA) is 80.9 Å². The summed E-state index contributed by atoms with van der Waals surface area (Å²) in [7, 11) is -2.85. The summed E-state index contributed by atoms with van der Waals surface area (Å²) in [5.41, 5.74) is 3.78. The van der Waals surface area contributed by atoms with Gasteiger partial charge < -0.3 is 23.9 Å². The summed E-state index contributed by atoms with van der Waals surface area (Å²) in [4.78, 5) is 8.67. The van der Waals surface area contributed by atoms with Crippen molar-refractivity contribution in [1.29, 1.82) is 0 Å². The summed E-state index contributed by atoms with van der Waals surface area (Å²) in [6.07, 6.45) is 7.51. The van der Waals surface area contributed by atoms with E-state index < -0.39 is 8.25 Å². The number of benzene rings is 2. The number of nitrogens with one attached hydrogen (secondary N) is 1. The first kappa shape index (κ1) is 25.2. The Hall–Kier alpha value is -2.44. The molecule has 1 atom stereocenters. The minimum absolute atomic E-state index is 0.135. The fraction of sp³-hybridized carbons (Fsp3) is 0.360. The molecule has 0 saturated heterocycles. The van der Waals surface area contributed by atoms with E-state index in [0.29, 0.717) is 26.1 Å². The van der Waals surface area contributed by atoms with Crippen molar-refractivity contribution in [3.8, 4) is 16.9 Å². The second kappa shape index (κ2) is 14.0. The molecular weight excluding hydrogens is 444 g/mol. The molecule has 0 fully saturated rings. The smallest absolute Gasteiger partial charge is 0.316 e. The van der Waals surface area contributed by atoms with E-state index >= 15 is 0 Å². The van der Waals surface area contributed by atoms with Gasteiger partial charge in [0.25, 0.3) is 0 Å². The van der Waals surface area contributed by atoms with Gasteiger partial charge in [-0.25, -0.2) is 4.39 Å². The predicted molar refractivity (Wildman–Crippen MR) is 127 cm³/mol. The molecule has 0 aliphatic heterocycles. The molecule has 33 heavy (non-hydrogen) atoms. The molecule has 3 aromatic rings. The van der Waals surface area contributed by atoms with Crippen LogP contribution >= 0.6 is 8.25 Å². The molecular formula is C25H31FNO5P. The number of ether oxygens (including phenoxy) is 1. The summed E-state index contributed by atoms with van der Waals surface area (Å²) >= 11 is 0. The highest BCUT2D eigenvalue weighted by atomic mass is 31.1. The normalized spacial score (nSPS) is 12.1. The van der Waals surface area contributed by atoms with Gasteiger partial charge in [-0.2, -0.15) is 0 Å². The van der Waals surface area contributed by atoms with E-state index in [2.05, 4.69) is 15.9 Å². The molecule has 3 rings (SSSR count). The summed E-state index contributed by atoms with van der Waals surface area (Å²) in [6.45, 7) is 2.19. The summed E-state index contributed by atoms with van der Waals surface area (Å²) in [6, 6.07) is 14.9. The zero-order valence-corrected chi connectivity index (χ0v) is 19.6. The van der Waals surface area contributed by atoms with Crippen LogP contribution in [0, 0.1) is 5.82 Å². The molecule has 2 aromatic carbocycles. The zero-order chi connectivity index (χ0) is 23.3. The lowest BCUT2D eigenvalue weighted by Gasteiger charge is -2.13. The maximum Gasteiger partial charge on any atom is 0.316 e. The molecule has 1 heterocycles. The molecule has 0 radical (unpaired) electrons. The molecule has 1 unspecified atom stereocenters. The zero-order valence-electron chi connectivity index (χ0n) is 18.6. The van der Waals surface area contributed by atoms with Crippen LogP contribution < -0.4 is 10.1 Å². The lowest BCUT2D eigenvalue weighted by molar-refractivity contribution is 0.276. The van der Waals surface area contributed by atoms with Gasteiger partial charge in [0.1, 0.15) is 11.6 Å². The Morgan fingerprint density at radius 3 is 2.70 bits per heavy atom. The Bertz CT molecular complexity index is 996. The lowest BCUT2D eigenvalue weighted by atomic mass is 10.0. The highest BCUT2D eigenvalue weighted by Crippen LogP contribution is 2.32. The van der Waals surface area contributed by atoms with Crippen LogP contribution in [0.4, 0.5) is 4.39 Å². The fourth-order valence-corrected chi connectivity index (χ4v) is 3.84. The molecule has 0 amide bonds. The van der Waals surface area contributed by atoms with E-state index in [1.54, 1.807) is 18.6 Å². The first-order valence-electron chi connectivity index (χ1n) is 11.2. The van der Waals surface area contributed by atoms with Gasteiger partial charge in [0.15, 0.2) is 0 Å². The Kier molecular flexibility index (Phi) is 10.7. The number of hydrogen-bond acceptors (Lipinski definition) is 5. The Morgan fingerprint density at radius 2 is 1.91 bits per heavy atom. The third kappa shape index (κ3) is 8.78. The van der Waals surface area contributed by atoms with Crippen LogP contribution in [0.15, 0.2) is 65.5 Å². The van der Waals surface area contributed by atoms with Crippen molar-refractivity contribution in [2.45, 2.75) is 38.6 Å². The van der Waals surface area contributed by atoms with E-state index in [1.165, 1.54) is 6.07 Å². The number of rotatable bonds is 15. The number of aryl methyl sites for hydroxylation is 1. The van der Waals surface area contributed by atoms with Crippen LogP contribution in [0.2, 0.25) is 0 Å². The van der Waals surface area contributed by atoms with Crippen LogP contribution in [0.1, 0.15) is 36.8 Å². The Balaban J connectivity index is 1.46. The molecule has 0 spiro atoms. The third-order valence-corrected chi connectivity index (χ3v) is 5.69. The van der Waals surface area contributed by atoms with Crippen LogP contribution in [0.3, 0.4) is 0 Å². The maximum atomic E-state index is 13.7. The van der Waals surface area contributed by atoms with E-state index in [9.17, 15) is 8.96 Å². The summed E-state index contributed by atoms with van der Waals surface area (Å²) < 4.78 is 40.3. The molecule has 0 saturated carbocycles. The molecule has 2 N–H and O–H groups in total. The monoisotopic (exact) mass is 475 g/mol. The number of halogens is 1. The van der Waals surface area contributed by atoms with Gasteiger partial charge in [0, 0.05) is 17.7 Å². The summed E-state index contributed by atoms with van der Waals surface area (Å²) in [5.74, 6) is 0.666. The number of furan rings is 1. The van der Waals surface area contributed by atoms with E-state index in [-0.39, 0.29) is 12.4 Å². The Labute approximate surface area is 194 Å². The van der Waals surface area contributed by atoms with Crippen LogP contribution in [-0.4, -0.2) is 24.7 Å². The molecule has 8 heteroatoms. The second-order valence-electron chi connectivity index (χ2n) is 7.74. The fourth-order valence-electron chi connectivity index (χ4n) is 3.52. The quantitative estimate of drug-likeness (QED) is 0.215. The van der Waals surface area contributed by atoms with Gasteiger partial charge in [-0.05, 0) is 74.0 Å². The largest absolute Gasteiger partial charge is 0.493 e. The van der Waals surface area contributed by atoms with Crippen molar-refractivity contribution < 1.29 is 27.5 Å². The highest BCUT2D eigenvalue weighted by molar-refractivity contribution is 7.32. The third-order valence-electron chi connectivity index (χ3n) is 5.23. The predicted octanol–water partition coefficient (Wildman–Crippen LogP) is 5.76. The van der Waals surface area contributed by atoms with Crippen molar-refractivity contribution in [2.75, 3.05) is 19.8 Å². The van der Waals surface area contributed by atoms with Crippen LogP contribution in [0.5, 0.6) is 5.75 Å². The SMILES string of the molecule is O=[PH](O)OCCCNCc1ccc(OCCCCCc2ccccc2F)c(-c2ccoc2)c1. The number of hydrogen-bond donors (Lipinski definition) is 2. The van der Waals surface area contributed by atoms with Crippen molar-refractivity contribution in [3.05, 3.63) is 78.0 Å². The Morgan fingerprint density at radius 1 is 1.03 bits per heavy atom. The van der Waals surface area contributed by atoms with Gasteiger partial charge in [-0.1, -0.05) is 24.3 Å². The van der Waals surface area contributed by atoms with E-state index in [0.717, 1.165) is 53.7 Å². The van der Waals surface area contributed by atoms with Gasteiger partial charge in [0.05, 0.1) is 25.7 Å². The van der Waals surface area contributed by atoms with Crippen molar-refractivity contribution >= 4 is 8.25 Å². The first-order chi connectivity index (χ1) is 16.1. The van der Waals surface area contributed by atoms with Gasteiger partial charge in [-0.3, -0.25) is 4.57 Å². The first-order valence-corrected chi connectivity index (χ1v) is 12.5. The van der Waals surface area contributed by atoms with Gasteiger partial charge in [-0.15, -0.1) is 0 Å². The average Bonchev–Trinajstić information content (AvgIpc) is 3.35. The highest BCUT2D eigenvalue weighted by Gasteiger charge is 2.10. The van der Waals surface area contributed by atoms with Crippen LogP contribution in [-0.2, 0) is 22.1 Å². The van der Waals surface area contributed by atoms with Crippen molar-refractivity contribution in [1.82, 2.24) is 5.32 Å². The number of unbranched alkanes of at least 4 members (excludes halogenated alkanes) is 2. The van der Waals surface area contributed by atoms with E-state index in [1.807, 2.05) is 30.3 Å². The minimum atomic E-state index is -2.85. The molecule has 178 valence electrons. The van der Waals surface area contributed by atoms with E-state index in [4.69, 9.17) is 14.0 Å². The second-order valence-corrected chi connectivity index (χ2v) is 8.56. The van der Waals surface area contributed by atoms with Gasteiger partial charge >= 0.3 is 8.25 Å². The lowest BCUT2D eigenvalue weighted by Crippen LogP contribution is -2.16. The molecule has 0 aliphatic carbocycles.